The molecule has 4 aromatic rings. The van der Waals surface area contributed by atoms with Crippen LogP contribution in [0.2, 0.25) is 0 Å². The molecule has 0 aromatic carbocycles. The molecule has 3 N–H and O–H groups in total. The molecule has 0 bridgehead atoms. The first kappa shape index (κ1) is 19.4. The number of hydrogen-bond acceptors (Lipinski definition) is 8. The number of aliphatic hydroxyl groups is 1. The van der Waals surface area contributed by atoms with E-state index in [2.05, 4.69) is 35.9 Å². The third-order valence-corrected chi connectivity index (χ3v) is 5.61. The van der Waals surface area contributed by atoms with Crippen molar-refractivity contribution in [2.75, 3.05) is 50.0 Å². The Balaban J connectivity index is 1.50. The molecule has 1 fully saturated rings. The van der Waals surface area contributed by atoms with Gasteiger partial charge in [-0.3, -0.25) is 9.88 Å². The van der Waals surface area contributed by atoms with E-state index in [0.29, 0.717) is 18.0 Å². The number of fused-ring (bicyclic) bond motifs is 1. The summed E-state index contributed by atoms with van der Waals surface area (Å²) in [5.41, 5.74) is 10.3. The summed E-state index contributed by atoms with van der Waals surface area (Å²) in [6.07, 6.45) is 7.32. The molecule has 0 radical (unpaired) electrons. The summed E-state index contributed by atoms with van der Waals surface area (Å²) >= 11 is 0. The lowest BCUT2D eigenvalue weighted by molar-refractivity contribution is 0.188. The second-order valence-corrected chi connectivity index (χ2v) is 7.51. The van der Waals surface area contributed by atoms with Crippen LogP contribution in [0.15, 0.2) is 55.1 Å². The van der Waals surface area contributed by atoms with Gasteiger partial charge in [0.2, 0.25) is 0 Å². The van der Waals surface area contributed by atoms with Crippen LogP contribution >= 0.6 is 0 Å². The molecular formula is C22H24N8O. The first-order valence-corrected chi connectivity index (χ1v) is 10.3. The molecule has 1 saturated heterocycles. The number of nitrogen functional groups attached to an aromatic ring is 1. The van der Waals surface area contributed by atoms with E-state index in [1.807, 2.05) is 42.9 Å². The van der Waals surface area contributed by atoms with Gasteiger partial charge in [-0.2, -0.15) is 0 Å². The summed E-state index contributed by atoms with van der Waals surface area (Å²) in [6, 6.07) is 9.67. The molecule has 1 aliphatic heterocycles. The molecule has 9 heteroatoms. The van der Waals surface area contributed by atoms with Gasteiger partial charge >= 0.3 is 0 Å². The summed E-state index contributed by atoms with van der Waals surface area (Å²) in [4.78, 5) is 18.3. The largest absolute Gasteiger partial charge is 0.395 e. The Morgan fingerprint density at radius 2 is 1.81 bits per heavy atom. The minimum Gasteiger partial charge on any atom is -0.395 e. The maximum absolute atomic E-state index is 9.18. The van der Waals surface area contributed by atoms with E-state index in [0.717, 1.165) is 54.4 Å². The Hall–Kier alpha value is -3.56. The predicted octanol–water partition coefficient (Wildman–Crippen LogP) is 1.55. The van der Waals surface area contributed by atoms with Gasteiger partial charge in [-0.15, -0.1) is 5.10 Å². The Labute approximate surface area is 179 Å². The van der Waals surface area contributed by atoms with E-state index in [1.165, 1.54) is 0 Å². The van der Waals surface area contributed by atoms with Gasteiger partial charge in [-0.25, -0.2) is 14.5 Å². The lowest BCUT2D eigenvalue weighted by Crippen LogP contribution is -2.47. The lowest BCUT2D eigenvalue weighted by atomic mass is 10.1. The average molecular weight is 416 g/mol. The van der Waals surface area contributed by atoms with Crippen LogP contribution in [0.3, 0.4) is 0 Å². The van der Waals surface area contributed by atoms with Gasteiger partial charge in [0.25, 0.3) is 0 Å². The normalized spacial score (nSPS) is 14.9. The third kappa shape index (κ3) is 3.69. The number of aliphatic hydroxyl groups excluding tert-OH is 1. The number of β-amino-alcohol motifs (C(OH)–C–C–N with tert-alkyl or cyclic N) is 1. The monoisotopic (exact) mass is 416 g/mol. The summed E-state index contributed by atoms with van der Waals surface area (Å²) in [6.45, 7) is 4.42. The van der Waals surface area contributed by atoms with Gasteiger partial charge in [-0.1, -0.05) is 6.07 Å². The highest BCUT2D eigenvalue weighted by Crippen LogP contribution is 2.32. The number of piperazine rings is 1. The van der Waals surface area contributed by atoms with E-state index < -0.39 is 0 Å². The second-order valence-electron chi connectivity index (χ2n) is 7.51. The Morgan fingerprint density at radius 3 is 2.58 bits per heavy atom. The summed E-state index contributed by atoms with van der Waals surface area (Å²) < 4.78 is 1.71. The molecule has 0 unspecified atom stereocenters. The molecule has 0 spiro atoms. The van der Waals surface area contributed by atoms with Gasteiger partial charge < -0.3 is 15.7 Å². The predicted molar refractivity (Wildman–Crippen MR) is 120 cm³/mol. The van der Waals surface area contributed by atoms with Crippen LogP contribution in [0.5, 0.6) is 0 Å². The molecule has 9 nitrogen and oxygen atoms in total. The van der Waals surface area contributed by atoms with Crippen molar-refractivity contribution in [3.05, 3.63) is 55.1 Å². The fourth-order valence-electron chi connectivity index (χ4n) is 4.05. The van der Waals surface area contributed by atoms with Crippen molar-refractivity contribution in [3.8, 4) is 22.4 Å². The topological polar surface area (TPSA) is 109 Å². The average Bonchev–Trinajstić information content (AvgIpc) is 3.15. The highest BCUT2D eigenvalue weighted by Gasteiger charge is 2.21. The maximum atomic E-state index is 9.18. The number of nitrogens with two attached hydrogens (primary N) is 1. The quantitative estimate of drug-likeness (QED) is 0.504. The van der Waals surface area contributed by atoms with Crippen LogP contribution in [-0.4, -0.2) is 73.9 Å². The Morgan fingerprint density at radius 1 is 0.968 bits per heavy atom. The van der Waals surface area contributed by atoms with Gasteiger partial charge in [-0.05, 0) is 24.3 Å². The highest BCUT2D eigenvalue weighted by molar-refractivity contribution is 5.85. The van der Waals surface area contributed by atoms with Gasteiger partial charge in [0, 0.05) is 68.6 Å². The van der Waals surface area contributed by atoms with Crippen molar-refractivity contribution in [3.63, 3.8) is 0 Å². The van der Waals surface area contributed by atoms with Crippen molar-refractivity contribution in [1.82, 2.24) is 29.5 Å². The molecule has 5 rings (SSSR count). The molecule has 158 valence electrons. The smallest absolute Gasteiger partial charge is 0.166 e. The zero-order chi connectivity index (χ0) is 21.2. The van der Waals surface area contributed by atoms with Crippen LogP contribution in [0.25, 0.3) is 28.0 Å². The van der Waals surface area contributed by atoms with Gasteiger partial charge in [0.1, 0.15) is 5.82 Å². The van der Waals surface area contributed by atoms with Gasteiger partial charge in [0.15, 0.2) is 11.5 Å². The molecule has 5 heterocycles. The van der Waals surface area contributed by atoms with E-state index >= 15 is 0 Å². The first-order valence-electron chi connectivity index (χ1n) is 10.3. The highest BCUT2D eigenvalue weighted by atomic mass is 16.3. The van der Waals surface area contributed by atoms with Crippen LogP contribution in [-0.2, 0) is 0 Å². The molecule has 0 aliphatic carbocycles. The first-order chi connectivity index (χ1) is 15.2. The Kier molecular flexibility index (Phi) is 5.19. The minimum atomic E-state index is 0.189. The zero-order valence-corrected chi connectivity index (χ0v) is 17.1. The van der Waals surface area contributed by atoms with E-state index in [4.69, 9.17) is 5.73 Å². The zero-order valence-electron chi connectivity index (χ0n) is 17.1. The fraction of sp³-hybridized carbons (Fsp3) is 0.273. The minimum absolute atomic E-state index is 0.189. The number of hydrogen-bond donors (Lipinski definition) is 2. The van der Waals surface area contributed by atoms with Crippen LogP contribution in [0.4, 0.5) is 11.6 Å². The number of aromatic nitrogens is 5. The van der Waals surface area contributed by atoms with Crippen molar-refractivity contribution < 1.29 is 5.11 Å². The van der Waals surface area contributed by atoms with Crippen LogP contribution < -0.4 is 10.6 Å². The third-order valence-electron chi connectivity index (χ3n) is 5.61. The standard InChI is InChI=1S/C22H24N8O/c23-20-19(18-5-1-2-6-24-18)22-26-14-16(15-30(22)27-20)17-4-3-7-25-21(17)29-10-8-28(9-11-29)12-13-31/h1-7,14-15,31H,8-13H2,(H2,23,27). The van der Waals surface area contributed by atoms with E-state index in [9.17, 15) is 5.11 Å². The number of pyridine rings is 2. The van der Waals surface area contributed by atoms with E-state index in [1.54, 1.807) is 10.7 Å². The Bertz CT molecular complexity index is 1180. The molecule has 0 atom stereocenters. The molecule has 0 amide bonds. The van der Waals surface area contributed by atoms with Crippen molar-refractivity contribution in [2.24, 2.45) is 0 Å². The SMILES string of the molecule is Nc1nn2cc(-c3cccnc3N3CCN(CCO)CC3)cnc2c1-c1ccccn1. The molecule has 0 saturated carbocycles. The van der Waals surface area contributed by atoms with Crippen molar-refractivity contribution in [2.45, 2.75) is 0 Å². The second kappa shape index (κ2) is 8.29. The molecule has 1 aliphatic rings. The number of rotatable bonds is 5. The lowest BCUT2D eigenvalue weighted by Gasteiger charge is -2.35. The van der Waals surface area contributed by atoms with Gasteiger partial charge in [0.05, 0.1) is 17.9 Å². The fourth-order valence-corrected chi connectivity index (χ4v) is 4.05. The number of anilines is 2. The molecular weight excluding hydrogens is 392 g/mol. The van der Waals surface area contributed by atoms with Crippen molar-refractivity contribution >= 4 is 17.3 Å². The summed E-state index contributed by atoms with van der Waals surface area (Å²) in [7, 11) is 0. The number of nitrogens with zero attached hydrogens (tertiary/aromatic N) is 7. The molecule has 4 aromatic heterocycles. The van der Waals surface area contributed by atoms with Crippen molar-refractivity contribution in [1.29, 1.82) is 0 Å². The summed E-state index contributed by atoms with van der Waals surface area (Å²) in [5.74, 6) is 1.33. The summed E-state index contributed by atoms with van der Waals surface area (Å²) in [5, 5.41) is 13.7. The van der Waals surface area contributed by atoms with E-state index in [-0.39, 0.29) is 6.61 Å². The van der Waals surface area contributed by atoms with Crippen LogP contribution in [0, 0.1) is 0 Å². The molecule has 31 heavy (non-hydrogen) atoms. The van der Waals surface area contributed by atoms with Crippen LogP contribution in [0.1, 0.15) is 0 Å². The maximum Gasteiger partial charge on any atom is 0.166 e.